The second-order valence-corrected chi connectivity index (χ2v) is 7.33. The first-order valence-electron chi connectivity index (χ1n) is 8.30. The highest BCUT2D eigenvalue weighted by Crippen LogP contribution is 2.66. The minimum atomic E-state index is -0.423. The van der Waals surface area contributed by atoms with Gasteiger partial charge in [-0.1, -0.05) is 31.2 Å². The van der Waals surface area contributed by atoms with Gasteiger partial charge in [-0.25, -0.2) is 0 Å². The van der Waals surface area contributed by atoms with Crippen molar-refractivity contribution in [2.24, 2.45) is 5.41 Å². The molecule has 3 unspecified atom stereocenters. The lowest BCUT2D eigenvalue weighted by Crippen LogP contribution is -2.61. The summed E-state index contributed by atoms with van der Waals surface area (Å²) in [5, 5.41) is 0. The molecule has 1 aromatic carbocycles. The van der Waals surface area contributed by atoms with E-state index in [0.29, 0.717) is 19.1 Å². The molecule has 2 heterocycles. The molecule has 4 heteroatoms. The Morgan fingerprint density at radius 1 is 0.955 bits per heavy atom. The fourth-order valence-corrected chi connectivity index (χ4v) is 5.07. The van der Waals surface area contributed by atoms with E-state index in [1.165, 1.54) is 11.1 Å². The Morgan fingerprint density at radius 3 is 2.23 bits per heavy atom. The molecule has 5 aliphatic rings. The van der Waals surface area contributed by atoms with Crippen molar-refractivity contribution in [1.82, 2.24) is 0 Å². The van der Waals surface area contributed by atoms with Crippen LogP contribution in [0.25, 0.3) is 0 Å². The van der Waals surface area contributed by atoms with Crippen molar-refractivity contribution >= 4 is 0 Å². The van der Waals surface area contributed by atoms with Crippen molar-refractivity contribution in [2.45, 2.75) is 56.9 Å². The second kappa shape index (κ2) is 4.32. The van der Waals surface area contributed by atoms with Crippen LogP contribution in [0.5, 0.6) is 0 Å². The lowest BCUT2D eigenvalue weighted by atomic mass is 9.52. The summed E-state index contributed by atoms with van der Waals surface area (Å²) < 4.78 is 24.0. The van der Waals surface area contributed by atoms with E-state index in [0.717, 1.165) is 12.8 Å². The van der Waals surface area contributed by atoms with Crippen molar-refractivity contribution in [1.29, 1.82) is 0 Å². The third-order valence-electron chi connectivity index (χ3n) is 6.15. The Bertz CT molecular complexity index is 603. The van der Waals surface area contributed by atoms with E-state index in [4.69, 9.17) is 18.9 Å². The van der Waals surface area contributed by atoms with E-state index in [-0.39, 0.29) is 23.9 Å². The van der Waals surface area contributed by atoms with Crippen LogP contribution in [0.4, 0.5) is 0 Å². The summed E-state index contributed by atoms with van der Waals surface area (Å²) >= 11 is 0. The lowest BCUT2D eigenvalue weighted by molar-refractivity contribution is -0.420. The van der Waals surface area contributed by atoms with E-state index in [1.54, 1.807) is 0 Å². The molecule has 118 valence electrons. The van der Waals surface area contributed by atoms with E-state index in [9.17, 15) is 0 Å². The summed E-state index contributed by atoms with van der Waals surface area (Å²) in [4.78, 5) is 0. The molecule has 3 fully saturated rings. The third kappa shape index (κ3) is 1.56. The van der Waals surface area contributed by atoms with E-state index in [2.05, 4.69) is 31.2 Å². The van der Waals surface area contributed by atoms with E-state index in [1.807, 2.05) is 6.92 Å². The van der Waals surface area contributed by atoms with Gasteiger partial charge in [0.05, 0.1) is 13.2 Å². The molecule has 3 aliphatic carbocycles. The zero-order valence-corrected chi connectivity index (χ0v) is 13.1. The number of hydrogen-bond acceptors (Lipinski definition) is 4. The van der Waals surface area contributed by atoms with Crippen LogP contribution >= 0.6 is 0 Å². The van der Waals surface area contributed by atoms with Gasteiger partial charge in [-0.2, -0.15) is 0 Å². The van der Waals surface area contributed by atoms with Crippen LogP contribution in [0.3, 0.4) is 0 Å². The average Bonchev–Trinajstić information content (AvgIpc) is 2.95. The second-order valence-electron chi connectivity index (χ2n) is 7.33. The standard InChI is InChI=1S/C18H22O4/c1-11-21-16(22-11)17(2)9-15-13-6-4-3-5-12(13)14(17)10-18(15)19-7-8-20-18/h3-6,11,14-16H,7-10H2,1-2H3. The molecular formula is C18H22O4. The first-order valence-corrected chi connectivity index (χ1v) is 8.30. The molecule has 1 aromatic rings. The maximum Gasteiger partial charge on any atom is 0.175 e. The highest BCUT2D eigenvalue weighted by Gasteiger charge is 2.64. The fraction of sp³-hybridized carbons (Fsp3) is 0.667. The molecule has 0 radical (unpaired) electrons. The Balaban J connectivity index is 1.60. The van der Waals surface area contributed by atoms with Crippen LogP contribution in [0.1, 0.15) is 49.7 Å². The molecule has 2 saturated heterocycles. The highest BCUT2D eigenvalue weighted by molar-refractivity contribution is 5.43. The molecule has 0 aromatic heterocycles. The summed E-state index contributed by atoms with van der Waals surface area (Å²) in [6, 6.07) is 8.75. The Labute approximate surface area is 130 Å². The molecule has 1 saturated carbocycles. The molecule has 0 N–H and O–H groups in total. The summed E-state index contributed by atoms with van der Waals surface area (Å²) in [5.74, 6) is 0.196. The SMILES string of the molecule is CC1OC(C2(C)CC3c4ccccc4C2CC32OCCO2)O1. The summed E-state index contributed by atoms with van der Waals surface area (Å²) in [7, 11) is 0. The summed E-state index contributed by atoms with van der Waals surface area (Å²) in [6.07, 6.45) is 1.71. The zero-order valence-electron chi connectivity index (χ0n) is 13.1. The molecule has 3 atom stereocenters. The largest absolute Gasteiger partial charge is 0.347 e. The molecular weight excluding hydrogens is 280 g/mol. The van der Waals surface area contributed by atoms with Gasteiger partial charge in [0.1, 0.15) is 0 Å². The van der Waals surface area contributed by atoms with Crippen molar-refractivity contribution in [3.63, 3.8) is 0 Å². The van der Waals surface area contributed by atoms with Gasteiger partial charge in [-0.05, 0) is 30.4 Å². The molecule has 4 nitrogen and oxygen atoms in total. The molecule has 1 spiro atoms. The molecule has 0 amide bonds. The number of hydrogen-bond donors (Lipinski definition) is 0. The number of benzene rings is 1. The molecule has 22 heavy (non-hydrogen) atoms. The number of ether oxygens (including phenoxy) is 4. The van der Waals surface area contributed by atoms with Crippen LogP contribution in [0.15, 0.2) is 24.3 Å². The van der Waals surface area contributed by atoms with Crippen LogP contribution in [0, 0.1) is 5.41 Å². The highest BCUT2D eigenvalue weighted by atomic mass is 16.9. The maximum atomic E-state index is 6.11. The van der Waals surface area contributed by atoms with Crippen molar-refractivity contribution < 1.29 is 18.9 Å². The number of rotatable bonds is 1. The Kier molecular flexibility index (Phi) is 2.65. The Morgan fingerprint density at radius 2 is 1.59 bits per heavy atom. The van der Waals surface area contributed by atoms with Crippen LogP contribution < -0.4 is 0 Å². The minimum Gasteiger partial charge on any atom is -0.347 e. The third-order valence-corrected chi connectivity index (χ3v) is 6.15. The van der Waals surface area contributed by atoms with Crippen molar-refractivity contribution in [3.8, 4) is 0 Å². The van der Waals surface area contributed by atoms with Gasteiger partial charge in [0.2, 0.25) is 0 Å². The zero-order chi connectivity index (χ0) is 14.9. The monoisotopic (exact) mass is 302 g/mol. The quantitative estimate of drug-likeness (QED) is 0.798. The predicted molar refractivity (Wildman–Crippen MR) is 79.3 cm³/mol. The Hall–Kier alpha value is -0.940. The average molecular weight is 302 g/mol. The van der Waals surface area contributed by atoms with Gasteiger partial charge in [-0.3, -0.25) is 0 Å². The fourth-order valence-electron chi connectivity index (χ4n) is 5.07. The van der Waals surface area contributed by atoms with Crippen molar-refractivity contribution in [2.75, 3.05) is 13.2 Å². The molecule has 2 aliphatic heterocycles. The van der Waals surface area contributed by atoms with Gasteiger partial charge in [0.25, 0.3) is 0 Å². The van der Waals surface area contributed by atoms with Gasteiger partial charge < -0.3 is 18.9 Å². The van der Waals surface area contributed by atoms with Crippen LogP contribution in [-0.4, -0.2) is 31.6 Å². The van der Waals surface area contributed by atoms with Crippen LogP contribution in [-0.2, 0) is 18.9 Å². The number of fused-ring (bicyclic) bond motifs is 1. The van der Waals surface area contributed by atoms with Gasteiger partial charge in [-0.15, -0.1) is 0 Å². The van der Waals surface area contributed by atoms with E-state index >= 15 is 0 Å². The summed E-state index contributed by atoms with van der Waals surface area (Å²) in [6.45, 7) is 5.67. The summed E-state index contributed by atoms with van der Waals surface area (Å²) in [5.41, 5.74) is 2.81. The lowest BCUT2D eigenvalue weighted by Gasteiger charge is -2.60. The topological polar surface area (TPSA) is 36.9 Å². The van der Waals surface area contributed by atoms with Crippen molar-refractivity contribution in [3.05, 3.63) is 35.4 Å². The van der Waals surface area contributed by atoms with Gasteiger partial charge in [0.15, 0.2) is 18.4 Å². The molecule has 6 rings (SSSR count). The van der Waals surface area contributed by atoms with Gasteiger partial charge in [0, 0.05) is 17.8 Å². The predicted octanol–water partition coefficient (Wildman–Crippen LogP) is 3.13. The van der Waals surface area contributed by atoms with E-state index < -0.39 is 5.79 Å². The first-order chi connectivity index (χ1) is 10.6. The first kappa shape index (κ1) is 13.5. The van der Waals surface area contributed by atoms with Gasteiger partial charge >= 0.3 is 0 Å². The smallest absolute Gasteiger partial charge is 0.175 e. The maximum absolute atomic E-state index is 6.11. The molecule has 2 bridgehead atoms. The normalized spacial score (nSPS) is 44.8. The van der Waals surface area contributed by atoms with Crippen LogP contribution in [0.2, 0.25) is 0 Å². The minimum absolute atomic E-state index is 0.00785.